The molecule has 0 N–H and O–H groups in total. The van der Waals surface area contributed by atoms with Gasteiger partial charge < -0.3 is 0 Å². The molecule has 2 rings (SSSR count). The van der Waals surface area contributed by atoms with Crippen LogP contribution < -0.4 is 0 Å². The lowest BCUT2D eigenvalue weighted by atomic mass is 10.2. The van der Waals surface area contributed by atoms with Crippen LogP contribution in [0, 0.1) is 3.57 Å². The van der Waals surface area contributed by atoms with E-state index in [1.54, 1.807) is 0 Å². The summed E-state index contributed by atoms with van der Waals surface area (Å²) < 4.78 is 3.82. The highest BCUT2D eigenvalue weighted by Gasteiger charge is 2.05. The summed E-state index contributed by atoms with van der Waals surface area (Å²) >= 11 is 11.2. The first-order valence-corrected chi connectivity index (χ1v) is 7.45. The van der Waals surface area contributed by atoms with Gasteiger partial charge in [0, 0.05) is 23.0 Å². The molecule has 0 radical (unpaired) electrons. The molecule has 0 aliphatic rings. The first-order chi connectivity index (χ1) is 6.20. The van der Waals surface area contributed by atoms with Gasteiger partial charge in [0.1, 0.15) is 0 Å². The van der Waals surface area contributed by atoms with E-state index in [-0.39, 0.29) is 0 Å². The SMILES string of the molecule is BrCc1cc2cc(I)cc(Br)c2s1. The van der Waals surface area contributed by atoms with Crippen molar-refractivity contribution in [2.45, 2.75) is 5.33 Å². The third-order valence-corrected chi connectivity index (χ3v) is 5.39. The van der Waals surface area contributed by atoms with Gasteiger partial charge in [-0.05, 0) is 62.1 Å². The molecule has 1 aromatic heterocycles. The first-order valence-electron chi connectivity index (χ1n) is 3.64. The molecule has 0 atom stereocenters. The molecule has 68 valence electrons. The second kappa shape index (κ2) is 4.16. The van der Waals surface area contributed by atoms with E-state index in [9.17, 15) is 0 Å². The Morgan fingerprint density at radius 2 is 2.08 bits per heavy atom. The van der Waals surface area contributed by atoms with E-state index in [1.807, 2.05) is 11.3 Å². The van der Waals surface area contributed by atoms with Gasteiger partial charge in [0.15, 0.2) is 0 Å². The third kappa shape index (κ3) is 2.11. The zero-order valence-corrected chi connectivity index (χ0v) is 12.6. The van der Waals surface area contributed by atoms with Gasteiger partial charge in [0.05, 0.1) is 0 Å². The quantitative estimate of drug-likeness (QED) is 0.432. The summed E-state index contributed by atoms with van der Waals surface area (Å²) in [5, 5.41) is 2.27. The molecular weight excluding hydrogens is 427 g/mol. The molecule has 0 amide bonds. The lowest BCUT2D eigenvalue weighted by molar-refractivity contribution is 1.59. The van der Waals surface area contributed by atoms with Crippen molar-refractivity contribution < 1.29 is 0 Å². The molecule has 0 unspecified atom stereocenters. The van der Waals surface area contributed by atoms with Crippen LogP contribution in [0.1, 0.15) is 4.88 Å². The summed E-state index contributed by atoms with van der Waals surface area (Å²) in [7, 11) is 0. The number of halogens is 3. The maximum Gasteiger partial charge on any atom is 0.0488 e. The average Bonchev–Trinajstić information content (AvgIpc) is 2.47. The molecule has 0 nitrogen and oxygen atoms in total. The molecule has 0 fully saturated rings. The minimum Gasteiger partial charge on any atom is -0.138 e. The fraction of sp³-hybridized carbons (Fsp3) is 0.111. The van der Waals surface area contributed by atoms with Crippen molar-refractivity contribution in [2.24, 2.45) is 0 Å². The molecule has 0 saturated heterocycles. The van der Waals surface area contributed by atoms with Gasteiger partial charge in [-0.2, -0.15) is 0 Å². The molecule has 1 heterocycles. The van der Waals surface area contributed by atoms with Crippen LogP contribution in [0.5, 0.6) is 0 Å². The van der Waals surface area contributed by atoms with E-state index in [1.165, 1.54) is 23.0 Å². The number of hydrogen-bond donors (Lipinski definition) is 0. The highest BCUT2D eigenvalue weighted by atomic mass is 127. The normalized spacial score (nSPS) is 11.0. The Morgan fingerprint density at radius 1 is 1.31 bits per heavy atom. The highest BCUT2D eigenvalue weighted by molar-refractivity contribution is 14.1. The molecule has 4 heteroatoms. The standard InChI is InChI=1S/C9H5Br2IS/c10-4-7-2-5-1-6(12)3-8(11)9(5)13-7/h1-3H,4H2. The fourth-order valence-corrected chi connectivity index (χ4v) is 4.39. The number of hydrogen-bond acceptors (Lipinski definition) is 1. The lowest BCUT2D eigenvalue weighted by Crippen LogP contribution is -1.70. The van der Waals surface area contributed by atoms with E-state index in [2.05, 4.69) is 72.6 Å². The maximum atomic E-state index is 3.58. The Hall–Kier alpha value is 0.870. The van der Waals surface area contributed by atoms with Crippen molar-refractivity contribution in [3.63, 3.8) is 0 Å². The molecule has 0 saturated carbocycles. The summed E-state index contributed by atoms with van der Waals surface area (Å²) in [4.78, 5) is 1.37. The van der Waals surface area contributed by atoms with E-state index >= 15 is 0 Å². The van der Waals surface area contributed by atoms with Crippen LogP contribution >= 0.6 is 65.8 Å². The van der Waals surface area contributed by atoms with Crippen molar-refractivity contribution in [2.75, 3.05) is 0 Å². The predicted octanol–water partition coefficient (Wildman–Crippen LogP) is 5.16. The van der Waals surface area contributed by atoms with Gasteiger partial charge in [-0.3, -0.25) is 0 Å². The number of fused-ring (bicyclic) bond motifs is 1. The lowest BCUT2D eigenvalue weighted by Gasteiger charge is -1.94. The smallest absolute Gasteiger partial charge is 0.0488 e. The Labute approximate surface area is 111 Å². The highest BCUT2D eigenvalue weighted by Crippen LogP contribution is 2.34. The topological polar surface area (TPSA) is 0 Å². The van der Waals surface area contributed by atoms with Gasteiger partial charge in [-0.1, -0.05) is 15.9 Å². The van der Waals surface area contributed by atoms with Gasteiger partial charge >= 0.3 is 0 Å². The minimum atomic E-state index is 0.940. The van der Waals surface area contributed by atoms with Gasteiger partial charge in [0.2, 0.25) is 0 Å². The number of alkyl halides is 1. The molecule has 1 aromatic carbocycles. The molecule has 2 aromatic rings. The third-order valence-electron chi connectivity index (χ3n) is 1.72. The van der Waals surface area contributed by atoms with Crippen LogP contribution in [-0.4, -0.2) is 0 Å². The Kier molecular flexibility index (Phi) is 3.33. The minimum absolute atomic E-state index is 0.940. The van der Waals surface area contributed by atoms with Gasteiger partial charge in [0.25, 0.3) is 0 Å². The zero-order chi connectivity index (χ0) is 9.42. The van der Waals surface area contributed by atoms with Crippen molar-refractivity contribution in [1.82, 2.24) is 0 Å². The summed E-state index contributed by atoms with van der Waals surface area (Å²) in [6.07, 6.45) is 0. The summed E-state index contributed by atoms with van der Waals surface area (Å²) in [6.45, 7) is 0. The van der Waals surface area contributed by atoms with E-state index in [4.69, 9.17) is 0 Å². The average molecular weight is 432 g/mol. The first kappa shape index (κ1) is 10.4. The number of thiophene rings is 1. The second-order valence-electron chi connectivity index (χ2n) is 2.65. The Bertz CT molecular complexity index is 450. The Balaban J connectivity index is 2.75. The summed E-state index contributed by atoms with van der Waals surface area (Å²) in [5.41, 5.74) is 0. The Morgan fingerprint density at radius 3 is 2.77 bits per heavy atom. The fourth-order valence-electron chi connectivity index (χ4n) is 1.20. The molecule has 13 heavy (non-hydrogen) atoms. The van der Waals surface area contributed by atoms with Crippen molar-refractivity contribution in [1.29, 1.82) is 0 Å². The maximum absolute atomic E-state index is 3.58. The van der Waals surface area contributed by atoms with Crippen LogP contribution in [0.25, 0.3) is 10.1 Å². The molecule has 0 bridgehead atoms. The molecular formula is C9H5Br2IS. The van der Waals surface area contributed by atoms with Gasteiger partial charge in [-0.25, -0.2) is 0 Å². The molecule has 0 aliphatic heterocycles. The van der Waals surface area contributed by atoms with Crippen LogP contribution in [0.4, 0.5) is 0 Å². The van der Waals surface area contributed by atoms with E-state index in [0.717, 1.165) is 5.33 Å². The van der Waals surface area contributed by atoms with Crippen LogP contribution in [0.3, 0.4) is 0 Å². The molecule has 0 aliphatic carbocycles. The van der Waals surface area contributed by atoms with Crippen LogP contribution in [-0.2, 0) is 5.33 Å². The number of benzene rings is 1. The van der Waals surface area contributed by atoms with Crippen molar-refractivity contribution in [3.8, 4) is 0 Å². The zero-order valence-electron chi connectivity index (χ0n) is 6.48. The van der Waals surface area contributed by atoms with E-state index < -0.39 is 0 Å². The van der Waals surface area contributed by atoms with Crippen LogP contribution in [0.15, 0.2) is 22.7 Å². The monoisotopic (exact) mass is 430 g/mol. The number of rotatable bonds is 1. The van der Waals surface area contributed by atoms with E-state index in [0.29, 0.717) is 0 Å². The van der Waals surface area contributed by atoms with Gasteiger partial charge in [-0.15, -0.1) is 11.3 Å². The van der Waals surface area contributed by atoms with Crippen molar-refractivity contribution >= 4 is 75.9 Å². The van der Waals surface area contributed by atoms with Crippen molar-refractivity contribution in [3.05, 3.63) is 31.1 Å². The largest absolute Gasteiger partial charge is 0.138 e. The van der Waals surface area contributed by atoms with Crippen LogP contribution in [0.2, 0.25) is 0 Å². The predicted molar refractivity (Wildman–Crippen MR) is 74.9 cm³/mol. The summed E-state index contributed by atoms with van der Waals surface area (Å²) in [6, 6.07) is 6.60. The second-order valence-corrected chi connectivity index (χ2v) is 6.45. The molecule has 0 spiro atoms. The summed E-state index contributed by atoms with van der Waals surface area (Å²) in [5.74, 6) is 0.